The highest BCUT2D eigenvalue weighted by atomic mass is 19.1. The van der Waals surface area contributed by atoms with E-state index in [1.165, 1.54) is 0 Å². The fraction of sp³-hybridized carbons (Fsp3) is 0.208. The lowest BCUT2D eigenvalue weighted by Gasteiger charge is -2.12. The summed E-state index contributed by atoms with van der Waals surface area (Å²) >= 11 is 0. The van der Waals surface area contributed by atoms with Crippen molar-refractivity contribution >= 4 is 33.7 Å². The number of aromatic nitrogens is 2. The zero-order valence-electron chi connectivity index (χ0n) is 17.8. The minimum absolute atomic E-state index is 0.0390. The van der Waals surface area contributed by atoms with Gasteiger partial charge in [0.15, 0.2) is 0 Å². The minimum Gasteiger partial charge on any atom is -0.457 e. The number of carbonyl (C=O) groups is 2. The lowest BCUT2D eigenvalue weighted by atomic mass is 10.0. The third-order valence-electron chi connectivity index (χ3n) is 5.11. The molecule has 0 fully saturated rings. The fourth-order valence-electron chi connectivity index (χ4n) is 3.59. The molecule has 4 aromatic rings. The number of halogens is 1. The van der Waals surface area contributed by atoms with Crippen molar-refractivity contribution in [3.63, 3.8) is 0 Å². The molecule has 164 valence electrons. The average Bonchev–Trinajstić information content (AvgIpc) is 3.21. The van der Waals surface area contributed by atoms with Gasteiger partial charge in [0.25, 0.3) is 5.91 Å². The van der Waals surface area contributed by atoms with Gasteiger partial charge in [-0.2, -0.15) is 0 Å². The molecule has 2 aromatic heterocycles. The van der Waals surface area contributed by atoms with E-state index >= 15 is 0 Å². The first-order chi connectivity index (χ1) is 15.5. The van der Waals surface area contributed by atoms with Crippen molar-refractivity contribution in [2.45, 2.75) is 13.8 Å². The number of ether oxygens (including phenoxy) is 1. The average molecular weight is 434 g/mol. The van der Waals surface area contributed by atoms with Crippen LogP contribution in [0.5, 0.6) is 11.5 Å². The maximum atomic E-state index is 12.5. The highest BCUT2D eigenvalue weighted by Gasteiger charge is 2.14. The van der Waals surface area contributed by atoms with Crippen molar-refractivity contribution in [1.29, 1.82) is 0 Å². The molecular formula is C24H23FN4O3. The van der Waals surface area contributed by atoms with Crippen LogP contribution in [0.2, 0.25) is 0 Å². The number of nitrogens with one attached hydrogen (secondary N) is 2. The topological polar surface area (TPSA) is 85.2 Å². The summed E-state index contributed by atoms with van der Waals surface area (Å²) in [5, 5.41) is 6.86. The summed E-state index contributed by atoms with van der Waals surface area (Å²) in [4.78, 5) is 29.0. The third kappa shape index (κ3) is 4.12. The summed E-state index contributed by atoms with van der Waals surface area (Å²) in [6.45, 7) is 3.56. The van der Waals surface area contributed by atoms with E-state index in [2.05, 4.69) is 15.6 Å². The molecule has 0 saturated carbocycles. The maximum absolute atomic E-state index is 12.5. The number of rotatable bonds is 6. The van der Waals surface area contributed by atoms with Crippen LogP contribution in [0, 0.1) is 6.92 Å². The zero-order chi connectivity index (χ0) is 22.7. The molecule has 0 aliphatic heterocycles. The number of aryl methyl sites for hydroxylation is 1. The Morgan fingerprint density at radius 2 is 1.97 bits per heavy atom. The predicted molar refractivity (Wildman–Crippen MR) is 121 cm³/mol. The summed E-state index contributed by atoms with van der Waals surface area (Å²) in [7, 11) is 0. The van der Waals surface area contributed by atoms with Crippen LogP contribution in [0.15, 0.2) is 54.9 Å². The Hall–Kier alpha value is -3.94. The lowest BCUT2D eigenvalue weighted by molar-refractivity contribution is 0.0950. The van der Waals surface area contributed by atoms with Crippen molar-refractivity contribution in [2.24, 2.45) is 0 Å². The molecule has 0 atom stereocenters. The van der Waals surface area contributed by atoms with E-state index in [4.69, 9.17) is 4.74 Å². The smallest absolute Gasteiger partial charge is 0.326 e. The van der Waals surface area contributed by atoms with E-state index in [1.54, 1.807) is 35.2 Å². The van der Waals surface area contributed by atoms with Gasteiger partial charge in [0, 0.05) is 41.8 Å². The first-order valence-electron chi connectivity index (χ1n) is 10.3. The van der Waals surface area contributed by atoms with Gasteiger partial charge in [-0.05, 0) is 61.9 Å². The Balaban J connectivity index is 1.68. The predicted octanol–water partition coefficient (Wildman–Crippen LogP) is 4.57. The molecule has 0 aliphatic rings. The summed E-state index contributed by atoms with van der Waals surface area (Å²) in [6, 6.07) is 12.4. The second kappa shape index (κ2) is 9.05. The van der Waals surface area contributed by atoms with Crippen LogP contribution in [-0.4, -0.2) is 41.3 Å². The Bertz CT molecular complexity index is 1320. The molecular weight excluding hydrogens is 411 g/mol. The molecule has 2 N–H and O–H groups in total. The Morgan fingerprint density at radius 3 is 2.75 bits per heavy atom. The van der Waals surface area contributed by atoms with Crippen molar-refractivity contribution in [1.82, 2.24) is 20.2 Å². The van der Waals surface area contributed by atoms with Gasteiger partial charge < -0.3 is 15.4 Å². The number of nitrogens with zero attached hydrogens (tertiary/aromatic N) is 2. The highest BCUT2D eigenvalue weighted by Crippen LogP contribution is 2.32. The van der Waals surface area contributed by atoms with Gasteiger partial charge in [0.2, 0.25) is 0 Å². The molecule has 7 nitrogen and oxygen atoms in total. The summed E-state index contributed by atoms with van der Waals surface area (Å²) < 4.78 is 20.1. The molecule has 0 radical (unpaired) electrons. The number of hydrogen-bond acceptors (Lipinski definition) is 4. The monoisotopic (exact) mass is 434 g/mol. The Morgan fingerprint density at radius 1 is 1.12 bits per heavy atom. The standard InChI is InChI=1S/C24H23FN4O3/c1-3-26-24(31)29-11-7-16-13-17(4-5-21(16)29)32-22-6-9-27-20-12-15(2)18(14-19(20)22)23(30)28-10-8-25/h4-7,9,11-14H,3,8,10H2,1-2H3,(H,26,31)(H,28,30). The van der Waals surface area contributed by atoms with Crippen molar-refractivity contribution in [2.75, 3.05) is 19.8 Å². The normalized spacial score (nSPS) is 11.0. The maximum Gasteiger partial charge on any atom is 0.326 e. The van der Waals surface area contributed by atoms with E-state index in [1.807, 2.05) is 38.1 Å². The van der Waals surface area contributed by atoms with Crippen LogP contribution in [0.4, 0.5) is 9.18 Å². The SMILES string of the molecule is CCNC(=O)n1ccc2cc(Oc3ccnc4cc(C)c(C(=O)NCCF)cc34)ccc21. The van der Waals surface area contributed by atoms with Gasteiger partial charge in [-0.3, -0.25) is 14.3 Å². The molecule has 4 rings (SSSR count). The molecule has 0 spiro atoms. The number of pyridine rings is 1. The van der Waals surface area contributed by atoms with Crippen molar-refractivity contribution in [3.8, 4) is 11.5 Å². The fourth-order valence-corrected chi connectivity index (χ4v) is 3.59. The number of benzene rings is 2. The van der Waals surface area contributed by atoms with Crippen LogP contribution >= 0.6 is 0 Å². The molecule has 0 bridgehead atoms. The third-order valence-corrected chi connectivity index (χ3v) is 5.11. The molecule has 2 heterocycles. The number of hydrogen-bond donors (Lipinski definition) is 2. The van der Waals surface area contributed by atoms with Crippen LogP contribution in [-0.2, 0) is 0 Å². The van der Waals surface area contributed by atoms with Crippen molar-refractivity contribution in [3.05, 3.63) is 66.0 Å². The summed E-state index contributed by atoms with van der Waals surface area (Å²) in [5.74, 6) is 0.782. The van der Waals surface area contributed by atoms with Crippen molar-refractivity contribution < 1.29 is 18.7 Å². The summed E-state index contributed by atoms with van der Waals surface area (Å²) in [5.41, 5.74) is 2.64. The molecule has 0 aliphatic carbocycles. The van der Waals surface area contributed by atoms with E-state index < -0.39 is 6.67 Å². The van der Waals surface area contributed by atoms with Crippen LogP contribution in [0.3, 0.4) is 0 Å². The van der Waals surface area contributed by atoms with E-state index in [-0.39, 0.29) is 18.5 Å². The Kier molecular flexibility index (Phi) is 6.02. The van der Waals surface area contributed by atoms with Gasteiger partial charge in [0.1, 0.15) is 18.2 Å². The van der Waals surface area contributed by atoms with Gasteiger partial charge in [-0.25, -0.2) is 9.18 Å². The van der Waals surface area contributed by atoms with Gasteiger partial charge in [-0.1, -0.05) is 0 Å². The number of fused-ring (bicyclic) bond motifs is 2. The zero-order valence-corrected chi connectivity index (χ0v) is 17.8. The van der Waals surface area contributed by atoms with Crippen LogP contribution in [0.25, 0.3) is 21.8 Å². The second-order valence-electron chi connectivity index (χ2n) is 7.28. The lowest BCUT2D eigenvalue weighted by Crippen LogP contribution is -2.27. The molecule has 32 heavy (non-hydrogen) atoms. The number of amides is 2. The van der Waals surface area contributed by atoms with E-state index in [9.17, 15) is 14.0 Å². The van der Waals surface area contributed by atoms with Gasteiger partial charge >= 0.3 is 6.03 Å². The molecule has 0 saturated heterocycles. The first kappa shape index (κ1) is 21.3. The number of carbonyl (C=O) groups excluding carboxylic acids is 2. The van der Waals surface area contributed by atoms with Crippen LogP contribution in [0.1, 0.15) is 22.8 Å². The van der Waals surface area contributed by atoms with Gasteiger partial charge in [0.05, 0.1) is 11.0 Å². The minimum atomic E-state index is -0.626. The quantitative estimate of drug-likeness (QED) is 0.466. The highest BCUT2D eigenvalue weighted by molar-refractivity contribution is 6.01. The molecule has 8 heteroatoms. The van der Waals surface area contributed by atoms with E-state index in [0.29, 0.717) is 34.5 Å². The van der Waals surface area contributed by atoms with E-state index in [0.717, 1.165) is 16.5 Å². The first-order valence-corrected chi connectivity index (χ1v) is 10.3. The van der Waals surface area contributed by atoms with Gasteiger partial charge in [-0.15, -0.1) is 0 Å². The summed E-state index contributed by atoms with van der Waals surface area (Å²) in [6.07, 6.45) is 3.36. The molecule has 2 amide bonds. The number of alkyl halides is 1. The van der Waals surface area contributed by atoms with Crippen LogP contribution < -0.4 is 15.4 Å². The Labute approximate surface area is 184 Å². The molecule has 2 aromatic carbocycles. The second-order valence-corrected chi connectivity index (χ2v) is 7.28. The molecule has 0 unspecified atom stereocenters. The largest absolute Gasteiger partial charge is 0.457 e.